The van der Waals surface area contributed by atoms with Crippen LogP contribution in [0.4, 0.5) is 0 Å². The first kappa shape index (κ1) is 22.6. The molecule has 0 aromatic heterocycles. The van der Waals surface area contributed by atoms with Crippen molar-refractivity contribution < 1.29 is 121 Å². The maximum atomic E-state index is 8.63. The Morgan fingerprint density at radius 1 is 1.00 bits per heavy atom. The summed E-state index contributed by atoms with van der Waals surface area (Å²) in [7, 11) is 0. The molecule has 0 radical (unpaired) electrons. The Morgan fingerprint density at radius 3 is 1.00 bits per heavy atom. The van der Waals surface area contributed by atoms with E-state index in [0.29, 0.717) is 0 Å². The first-order chi connectivity index (χ1) is 2.00. The van der Waals surface area contributed by atoms with Crippen LogP contribution in [0.1, 0.15) is 0 Å². The zero-order valence-electron chi connectivity index (χ0n) is 4.54. The predicted octanol–water partition coefficient (Wildman–Crippen LogP) is -9.81. The van der Waals surface area contributed by atoms with E-state index in [1.807, 2.05) is 0 Å². The Bertz CT molecular complexity index is 93.6. The molecule has 0 heterocycles. The van der Waals surface area contributed by atoms with Crippen LogP contribution in [-0.2, 0) is 6.21 Å². The normalized spacial score (nSPS) is 7.25. The van der Waals surface area contributed by atoms with Gasteiger partial charge in [-0.15, -0.1) is 0 Å². The largest absolute Gasteiger partial charge is 1.00 e. The molecule has 0 fully saturated rings. The van der Waals surface area contributed by atoms with E-state index in [4.69, 9.17) is 13.2 Å². The second-order valence-corrected chi connectivity index (χ2v) is 2.74. The minimum absolute atomic E-state index is 0. The molecule has 0 saturated carbocycles. The fourth-order valence-electron chi connectivity index (χ4n) is 0. The minimum Gasteiger partial charge on any atom is 1.00 e. The Hall–Kier alpha value is 3.54. The Balaban J connectivity index is -0.0000000267. The van der Waals surface area contributed by atoms with Crippen molar-refractivity contribution in [3.05, 3.63) is 0 Å². The molecule has 0 rings (SSSR count). The zero-order chi connectivity index (χ0) is 4.50. The van der Waals surface area contributed by atoms with Gasteiger partial charge < -0.3 is 5.48 Å². The van der Waals surface area contributed by atoms with Crippen molar-refractivity contribution in [2.24, 2.45) is 0 Å². The third kappa shape index (κ3) is 55.5. The summed E-state index contributed by atoms with van der Waals surface area (Å²) in [6, 6.07) is 0. The van der Waals surface area contributed by atoms with E-state index >= 15 is 0 Å². The van der Waals surface area contributed by atoms with Crippen molar-refractivity contribution in [1.29, 1.82) is 0 Å². The standard InChI is InChI=1S/2K.H2O4Te.H2O/c;;1-5(2,3)4;/h;;(H2,1,2,3,4);1H2/q2*+1;;/p-2. The van der Waals surface area contributed by atoms with Crippen molar-refractivity contribution in [3.63, 3.8) is 0 Å². The van der Waals surface area contributed by atoms with Gasteiger partial charge in [0.2, 0.25) is 0 Å². The van der Waals surface area contributed by atoms with E-state index in [2.05, 4.69) is 0 Å². The SMILES string of the molecule is O.O=[Te](=O)([O-])[O-].[K+].[K+]. The van der Waals surface area contributed by atoms with Gasteiger partial charge in [-0.1, -0.05) is 0 Å². The Morgan fingerprint density at radius 2 is 1.00 bits per heavy atom. The van der Waals surface area contributed by atoms with Crippen LogP contribution < -0.4 is 110 Å². The molecule has 8 heteroatoms. The molecule has 0 amide bonds. The molecule has 0 aliphatic rings. The number of hydrogen-bond acceptors (Lipinski definition) is 4. The van der Waals surface area contributed by atoms with Crippen molar-refractivity contribution in [1.82, 2.24) is 0 Å². The average Bonchev–Trinajstić information content (AvgIpc) is 0.722. The van der Waals surface area contributed by atoms with Gasteiger partial charge in [0.15, 0.2) is 0 Å². The van der Waals surface area contributed by atoms with Crippen LogP contribution in [0, 0.1) is 0 Å². The molecule has 0 aliphatic carbocycles. The minimum atomic E-state index is -6.02. The fraction of sp³-hybridized carbons (Fsp3) is 0. The Labute approximate surface area is 136 Å². The summed E-state index contributed by atoms with van der Waals surface area (Å²) in [5.74, 6) is 0. The predicted molar refractivity (Wildman–Crippen MR) is 10.7 cm³/mol. The Kier molecular flexibility index (Phi) is 29.7. The van der Waals surface area contributed by atoms with Gasteiger partial charge in [-0.25, -0.2) is 0 Å². The summed E-state index contributed by atoms with van der Waals surface area (Å²) in [5, 5.41) is 0. The zero-order valence-corrected chi connectivity index (χ0v) is 13.1. The van der Waals surface area contributed by atoms with Gasteiger partial charge in [0.25, 0.3) is 0 Å². The molecule has 8 heavy (non-hydrogen) atoms. The summed E-state index contributed by atoms with van der Waals surface area (Å²) in [6.45, 7) is 0. The molecule has 0 aromatic rings. The summed E-state index contributed by atoms with van der Waals surface area (Å²) in [5.41, 5.74) is 0. The molecule has 2 N–H and O–H groups in total. The van der Waals surface area contributed by atoms with Gasteiger partial charge >= 0.3 is 135 Å². The van der Waals surface area contributed by atoms with E-state index in [0.717, 1.165) is 0 Å². The molecule has 40 valence electrons. The fourth-order valence-corrected chi connectivity index (χ4v) is 0. The van der Waals surface area contributed by atoms with Gasteiger partial charge in [-0.05, 0) is 0 Å². The van der Waals surface area contributed by atoms with Gasteiger partial charge in [0.1, 0.15) is 0 Å². The summed E-state index contributed by atoms with van der Waals surface area (Å²) < 4.78 is 34.5. The van der Waals surface area contributed by atoms with Crippen molar-refractivity contribution in [2.75, 3.05) is 0 Å². The molecule has 0 unspecified atom stereocenters. The van der Waals surface area contributed by atoms with Crippen LogP contribution in [0.25, 0.3) is 0 Å². The van der Waals surface area contributed by atoms with Gasteiger partial charge in [-0.3, -0.25) is 0 Å². The summed E-state index contributed by atoms with van der Waals surface area (Å²) >= 11 is -6.02. The van der Waals surface area contributed by atoms with Crippen molar-refractivity contribution in [3.8, 4) is 0 Å². The molecule has 0 aromatic carbocycles. The molecular weight excluding hydrogens is 286 g/mol. The van der Waals surface area contributed by atoms with Crippen LogP contribution in [0.3, 0.4) is 0 Å². The first-order valence-electron chi connectivity index (χ1n) is 0.667. The third-order valence-corrected chi connectivity index (χ3v) is 0. The third-order valence-electron chi connectivity index (χ3n) is 0. The van der Waals surface area contributed by atoms with Crippen molar-refractivity contribution in [2.45, 2.75) is 0 Å². The van der Waals surface area contributed by atoms with Gasteiger partial charge in [-0.2, -0.15) is 0 Å². The summed E-state index contributed by atoms with van der Waals surface area (Å²) in [6.07, 6.45) is 0. The topological polar surface area (TPSA) is 112 Å². The second kappa shape index (κ2) is 10.5. The van der Waals surface area contributed by atoms with Crippen LogP contribution in [0.15, 0.2) is 0 Å². The maximum absolute atomic E-state index is 8.63. The van der Waals surface area contributed by atoms with Gasteiger partial charge in [0, 0.05) is 0 Å². The van der Waals surface area contributed by atoms with Gasteiger partial charge in [0.05, 0.1) is 0 Å². The van der Waals surface area contributed by atoms with E-state index < -0.39 is 19.0 Å². The molecular formula is H2K2O5Te. The van der Waals surface area contributed by atoms with Crippen LogP contribution >= 0.6 is 0 Å². The van der Waals surface area contributed by atoms with E-state index in [1.54, 1.807) is 0 Å². The second-order valence-electron chi connectivity index (χ2n) is 0.408. The summed E-state index contributed by atoms with van der Waals surface area (Å²) in [4.78, 5) is 0. The molecule has 0 atom stereocenters. The smallest absolute Gasteiger partial charge is 1.00 e. The van der Waals surface area contributed by atoms with Crippen LogP contribution in [-0.4, -0.2) is 24.4 Å². The maximum Gasteiger partial charge on any atom is 1.00 e. The molecule has 0 aliphatic heterocycles. The quantitative estimate of drug-likeness (QED) is 0.412. The first-order valence-corrected chi connectivity index (χ1v) is 4.47. The van der Waals surface area contributed by atoms with E-state index in [9.17, 15) is 0 Å². The number of hydrogen-bond donors (Lipinski definition) is 0. The molecule has 5 nitrogen and oxygen atoms in total. The average molecular weight is 288 g/mol. The van der Waals surface area contributed by atoms with Crippen LogP contribution in [0.5, 0.6) is 0 Å². The molecule has 0 saturated heterocycles. The van der Waals surface area contributed by atoms with E-state index in [-0.39, 0.29) is 108 Å². The molecule has 0 bridgehead atoms. The monoisotopic (exact) mass is 290 g/mol. The van der Waals surface area contributed by atoms with Crippen molar-refractivity contribution >= 4 is 19.0 Å². The van der Waals surface area contributed by atoms with Crippen LogP contribution in [0.2, 0.25) is 0 Å². The molecule has 0 spiro atoms. The van der Waals surface area contributed by atoms with E-state index in [1.165, 1.54) is 0 Å². The number of rotatable bonds is 0.